The second kappa shape index (κ2) is 7.16. The van der Waals surface area contributed by atoms with Crippen molar-refractivity contribution in [3.8, 4) is 0 Å². The third kappa shape index (κ3) is 3.51. The fourth-order valence-corrected chi connectivity index (χ4v) is 5.68. The maximum absolute atomic E-state index is 14.0. The van der Waals surface area contributed by atoms with Crippen LogP contribution in [0.1, 0.15) is 24.4 Å². The lowest BCUT2D eigenvalue weighted by Crippen LogP contribution is -2.38. The van der Waals surface area contributed by atoms with E-state index in [1.807, 2.05) is 11.0 Å². The van der Waals surface area contributed by atoms with Crippen LogP contribution >= 0.6 is 35.7 Å². The first-order chi connectivity index (χ1) is 12.3. The van der Waals surface area contributed by atoms with Crippen LogP contribution in [0.3, 0.4) is 0 Å². The van der Waals surface area contributed by atoms with Crippen molar-refractivity contribution in [1.82, 2.24) is 14.3 Å². The summed E-state index contributed by atoms with van der Waals surface area (Å²) in [4.78, 5) is 16.0. The Bertz CT molecular complexity index is 859. The lowest BCUT2D eigenvalue weighted by Gasteiger charge is -2.34. The van der Waals surface area contributed by atoms with Crippen LogP contribution in [0.2, 0.25) is 0 Å². The molecule has 0 spiro atoms. The number of rotatable bonds is 3. The van der Waals surface area contributed by atoms with Gasteiger partial charge in [0.2, 0.25) is 5.95 Å². The van der Waals surface area contributed by atoms with E-state index in [1.165, 1.54) is 25.4 Å². The maximum Gasteiger partial charge on any atom is 0.225 e. The lowest BCUT2D eigenvalue weighted by molar-refractivity contribution is 0.0693. The Morgan fingerprint density at radius 2 is 2.22 bits per heavy atom. The minimum atomic E-state index is -1.38. The standard InChI is InChI=1S/C16H19FN6OS2.ClH/c1-15(2,24)12-10(17)6-20-14(22-12)23-7-9-5-19-13(18)25-16(9,8-23)11-3-4-21-26-11;/h3-4,6,9,24H,5,7-8H2,1-2H3,(H2,18,19);1H/t9-,16-;/m0./s1. The zero-order chi connectivity index (χ0) is 18.5. The van der Waals surface area contributed by atoms with E-state index in [4.69, 9.17) is 5.73 Å². The Kier molecular flexibility index (Phi) is 5.37. The lowest BCUT2D eigenvalue weighted by atomic mass is 9.93. The molecule has 0 aromatic carbocycles. The number of anilines is 1. The smallest absolute Gasteiger partial charge is 0.225 e. The Morgan fingerprint density at radius 3 is 2.89 bits per heavy atom. The molecule has 4 heterocycles. The van der Waals surface area contributed by atoms with Crippen LogP contribution in [0.5, 0.6) is 0 Å². The van der Waals surface area contributed by atoms with Crippen molar-refractivity contribution in [3.63, 3.8) is 0 Å². The predicted molar refractivity (Wildman–Crippen MR) is 108 cm³/mol. The molecule has 0 radical (unpaired) electrons. The second-order valence-corrected chi connectivity index (χ2v) is 9.23. The van der Waals surface area contributed by atoms with Gasteiger partial charge in [-0.1, -0.05) is 11.8 Å². The molecule has 4 rings (SSSR count). The number of fused-ring (bicyclic) bond motifs is 1. The molecule has 27 heavy (non-hydrogen) atoms. The van der Waals surface area contributed by atoms with Crippen molar-refractivity contribution in [2.75, 3.05) is 24.5 Å². The van der Waals surface area contributed by atoms with Crippen LogP contribution in [0, 0.1) is 11.7 Å². The Balaban J connectivity index is 0.00000210. The summed E-state index contributed by atoms with van der Waals surface area (Å²) in [6.45, 7) is 4.94. The number of amidine groups is 1. The highest BCUT2D eigenvalue weighted by Gasteiger charge is 2.52. The Labute approximate surface area is 170 Å². The summed E-state index contributed by atoms with van der Waals surface area (Å²) in [7, 11) is 0. The molecule has 3 N–H and O–H groups in total. The van der Waals surface area contributed by atoms with E-state index in [0.717, 1.165) is 11.1 Å². The van der Waals surface area contributed by atoms with Crippen LogP contribution in [0.4, 0.5) is 10.3 Å². The molecule has 2 atom stereocenters. The van der Waals surface area contributed by atoms with Gasteiger partial charge in [0.05, 0.1) is 10.9 Å². The van der Waals surface area contributed by atoms with Crippen LogP contribution < -0.4 is 10.6 Å². The summed E-state index contributed by atoms with van der Waals surface area (Å²) in [5.74, 6) is 0.0115. The molecule has 7 nitrogen and oxygen atoms in total. The zero-order valence-electron chi connectivity index (χ0n) is 14.8. The summed E-state index contributed by atoms with van der Waals surface area (Å²) >= 11 is 3.01. The second-order valence-electron chi connectivity index (χ2n) is 7.05. The highest BCUT2D eigenvalue weighted by atomic mass is 35.5. The first-order valence-corrected chi connectivity index (χ1v) is 9.79. The minimum absolute atomic E-state index is 0. The normalized spacial score (nSPS) is 25.0. The van der Waals surface area contributed by atoms with E-state index >= 15 is 0 Å². The summed E-state index contributed by atoms with van der Waals surface area (Å²) in [6.07, 6.45) is 2.91. The van der Waals surface area contributed by atoms with Gasteiger partial charge in [0, 0.05) is 36.6 Å². The number of thioether (sulfide) groups is 1. The van der Waals surface area contributed by atoms with E-state index in [0.29, 0.717) is 30.8 Å². The van der Waals surface area contributed by atoms with E-state index in [9.17, 15) is 9.50 Å². The molecule has 2 aromatic heterocycles. The summed E-state index contributed by atoms with van der Waals surface area (Å²) in [5.41, 5.74) is 4.64. The van der Waals surface area contributed by atoms with Gasteiger partial charge in [-0.05, 0) is 31.4 Å². The number of halogens is 2. The minimum Gasteiger partial charge on any atom is -0.384 e. The predicted octanol–water partition coefficient (Wildman–Crippen LogP) is 2.11. The summed E-state index contributed by atoms with van der Waals surface area (Å²) < 4.78 is 18.0. The molecule has 0 unspecified atom stereocenters. The molecule has 0 saturated carbocycles. The molecule has 2 aromatic rings. The van der Waals surface area contributed by atoms with Crippen LogP contribution in [-0.4, -0.2) is 44.2 Å². The van der Waals surface area contributed by atoms with Gasteiger partial charge in [-0.15, -0.1) is 12.4 Å². The van der Waals surface area contributed by atoms with E-state index in [2.05, 4.69) is 19.3 Å². The number of aliphatic hydroxyl groups is 1. The quantitative estimate of drug-likeness (QED) is 0.769. The summed E-state index contributed by atoms with van der Waals surface area (Å²) in [6, 6.07) is 2.01. The highest BCUT2D eigenvalue weighted by molar-refractivity contribution is 8.14. The van der Waals surface area contributed by atoms with Gasteiger partial charge in [-0.25, -0.2) is 18.7 Å². The molecular weight excluding hydrogens is 411 g/mol. The number of hydrogen-bond donors (Lipinski definition) is 2. The molecular formula is C16H20ClFN6OS2. The highest BCUT2D eigenvalue weighted by Crippen LogP contribution is 2.51. The van der Waals surface area contributed by atoms with Gasteiger partial charge < -0.3 is 15.7 Å². The van der Waals surface area contributed by atoms with Gasteiger partial charge >= 0.3 is 0 Å². The van der Waals surface area contributed by atoms with E-state index < -0.39 is 11.4 Å². The topological polar surface area (TPSA) is 101 Å². The van der Waals surface area contributed by atoms with Crippen molar-refractivity contribution in [1.29, 1.82) is 0 Å². The van der Waals surface area contributed by atoms with Gasteiger partial charge in [0.25, 0.3) is 0 Å². The molecule has 146 valence electrons. The van der Waals surface area contributed by atoms with Crippen molar-refractivity contribution < 1.29 is 9.50 Å². The van der Waals surface area contributed by atoms with Crippen molar-refractivity contribution in [2.45, 2.75) is 24.2 Å². The van der Waals surface area contributed by atoms with Crippen LogP contribution in [0.25, 0.3) is 0 Å². The first-order valence-electron chi connectivity index (χ1n) is 8.20. The molecule has 11 heteroatoms. The van der Waals surface area contributed by atoms with Crippen molar-refractivity contribution in [2.24, 2.45) is 16.6 Å². The number of hydrogen-bond acceptors (Lipinski definition) is 9. The van der Waals surface area contributed by atoms with Crippen molar-refractivity contribution in [3.05, 3.63) is 34.8 Å². The monoisotopic (exact) mass is 430 g/mol. The van der Waals surface area contributed by atoms with Gasteiger partial charge in [-0.2, -0.15) is 0 Å². The van der Waals surface area contributed by atoms with E-state index in [1.54, 1.807) is 18.0 Å². The van der Waals surface area contributed by atoms with Gasteiger partial charge in [-0.3, -0.25) is 4.99 Å². The third-order valence-corrected chi connectivity index (χ3v) is 7.17. The van der Waals surface area contributed by atoms with Crippen LogP contribution in [-0.2, 0) is 10.3 Å². The Morgan fingerprint density at radius 1 is 1.44 bits per heavy atom. The molecule has 1 fully saturated rings. The Hall–Kier alpha value is -1.49. The van der Waals surface area contributed by atoms with Crippen LogP contribution in [0.15, 0.2) is 23.5 Å². The average molecular weight is 431 g/mol. The first kappa shape index (κ1) is 20.2. The SMILES string of the molecule is CC(C)(O)c1nc(N2C[C@@H]3CN=C(N)S[C@@]3(c3ccns3)C2)ncc1F.Cl. The zero-order valence-corrected chi connectivity index (χ0v) is 17.2. The maximum atomic E-state index is 14.0. The fraction of sp³-hybridized carbons (Fsp3) is 0.500. The van der Waals surface area contributed by atoms with Gasteiger partial charge in [0.1, 0.15) is 11.3 Å². The fourth-order valence-electron chi connectivity index (χ4n) is 3.49. The summed E-state index contributed by atoms with van der Waals surface area (Å²) in [5, 5.41) is 10.7. The number of nitrogens with two attached hydrogens (primary N) is 1. The number of aliphatic imine (C=N–C) groups is 1. The molecule has 0 aliphatic carbocycles. The number of nitrogens with zero attached hydrogens (tertiary/aromatic N) is 5. The largest absolute Gasteiger partial charge is 0.384 e. The van der Waals surface area contributed by atoms with Crippen molar-refractivity contribution >= 4 is 46.8 Å². The molecule has 0 bridgehead atoms. The van der Waals surface area contributed by atoms with E-state index in [-0.39, 0.29) is 28.8 Å². The molecule has 2 aliphatic heterocycles. The average Bonchev–Trinajstić information content (AvgIpc) is 3.22. The number of aromatic nitrogens is 3. The third-order valence-electron chi connectivity index (χ3n) is 4.73. The molecule has 0 amide bonds. The molecule has 1 saturated heterocycles. The molecule has 2 aliphatic rings. The van der Waals surface area contributed by atoms with Gasteiger partial charge in [0.15, 0.2) is 11.0 Å².